The smallest absolute Gasteiger partial charge is 0.321 e. The molecule has 1 heterocycles. The summed E-state index contributed by atoms with van der Waals surface area (Å²) in [5, 5.41) is 6.90. The Morgan fingerprint density at radius 3 is 2.52 bits per heavy atom. The van der Waals surface area contributed by atoms with Crippen LogP contribution in [0.15, 0.2) is 42.5 Å². The van der Waals surface area contributed by atoms with E-state index in [4.69, 9.17) is 21.1 Å². The van der Waals surface area contributed by atoms with Gasteiger partial charge in [0.2, 0.25) is 0 Å². The number of piperidine rings is 1. The van der Waals surface area contributed by atoms with Gasteiger partial charge < -0.3 is 25.0 Å². The average molecular weight is 390 g/mol. The molecule has 6 nitrogen and oxygen atoms in total. The highest BCUT2D eigenvalue weighted by atomic mass is 35.5. The highest BCUT2D eigenvalue weighted by molar-refractivity contribution is 6.33. The van der Waals surface area contributed by atoms with Crippen molar-refractivity contribution in [3.8, 4) is 11.5 Å². The van der Waals surface area contributed by atoms with E-state index < -0.39 is 0 Å². The van der Waals surface area contributed by atoms with Crippen molar-refractivity contribution in [3.63, 3.8) is 0 Å². The zero-order valence-corrected chi connectivity index (χ0v) is 16.3. The van der Waals surface area contributed by atoms with Crippen molar-refractivity contribution in [3.05, 3.63) is 47.5 Å². The zero-order chi connectivity index (χ0) is 19.2. The molecular formula is C20H24ClN3O3. The third-order valence-corrected chi connectivity index (χ3v) is 4.88. The molecule has 0 aliphatic carbocycles. The van der Waals surface area contributed by atoms with E-state index in [1.54, 1.807) is 26.4 Å². The molecule has 1 fully saturated rings. The summed E-state index contributed by atoms with van der Waals surface area (Å²) >= 11 is 6.13. The number of hydrogen-bond donors (Lipinski definition) is 2. The number of urea groups is 1. The zero-order valence-electron chi connectivity index (χ0n) is 15.5. The number of carbonyl (C=O) groups excluding carboxylic acids is 1. The van der Waals surface area contributed by atoms with Gasteiger partial charge in [0.1, 0.15) is 11.5 Å². The SMILES string of the molecule is COc1cc(NC2CCCN(C(=O)Nc3ccccc3Cl)C2)cc(OC)c1. The van der Waals surface area contributed by atoms with Crippen LogP contribution in [0, 0.1) is 0 Å². The minimum absolute atomic E-state index is 0.141. The largest absolute Gasteiger partial charge is 0.497 e. The van der Waals surface area contributed by atoms with E-state index >= 15 is 0 Å². The monoisotopic (exact) mass is 389 g/mol. The Balaban J connectivity index is 1.64. The van der Waals surface area contributed by atoms with E-state index in [1.165, 1.54) is 0 Å². The quantitative estimate of drug-likeness (QED) is 0.792. The number of benzene rings is 2. The molecule has 0 aromatic heterocycles. The first-order chi connectivity index (χ1) is 13.1. The Morgan fingerprint density at radius 2 is 1.85 bits per heavy atom. The van der Waals surface area contributed by atoms with E-state index in [0.717, 1.165) is 36.6 Å². The first-order valence-corrected chi connectivity index (χ1v) is 9.27. The van der Waals surface area contributed by atoms with Gasteiger partial charge in [-0.15, -0.1) is 0 Å². The molecule has 144 valence electrons. The van der Waals surface area contributed by atoms with Crippen LogP contribution in [-0.2, 0) is 0 Å². The molecule has 1 saturated heterocycles. The number of nitrogens with one attached hydrogen (secondary N) is 2. The fourth-order valence-electron chi connectivity index (χ4n) is 3.16. The summed E-state index contributed by atoms with van der Waals surface area (Å²) in [6.07, 6.45) is 1.91. The van der Waals surface area contributed by atoms with Gasteiger partial charge in [0.15, 0.2) is 0 Å². The van der Waals surface area contributed by atoms with Gasteiger partial charge in [-0.1, -0.05) is 23.7 Å². The second-order valence-corrected chi connectivity index (χ2v) is 6.85. The topological polar surface area (TPSA) is 62.8 Å². The third kappa shape index (κ3) is 4.98. The molecule has 1 aliphatic heterocycles. The van der Waals surface area contributed by atoms with Gasteiger partial charge in [-0.05, 0) is 25.0 Å². The minimum atomic E-state index is -0.141. The molecule has 0 saturated carbocycles. The Hall–Kier alpha value is -2.60. The van der Waals surface area contributed by atoms with Crippen LogP contribution in [0.5, 0.6) is 11.5 Å². The highest BCUT2D eigenvalue weighted by Crippen LogP contribution is 2.27. The summed E-state index contributed by atoms with van der Waals surface area (Å²) in [6, 6.07) is 12.9. The molecule has 1 unspecified atom stereocenters. The van der Waals surface area contributed by atoms with Crippen LogP contribution in [0.1, 0.15) is 12.8 Å². The predicted octanol–water partition coefficient (Wildman–Crippen LogP) is 4.47. The van der Waals surface area contributed by atoms with Crippen molar-refractivity contribution in [2.75, 3.05) is 37.9 Å². The Bertz CT molecular complexity index is 778. The number of ether oxygens (including phenoxy) is 2. The number of carbonyl (C=O) groups is 1. The summed E-state index contributed by atoms with van der Waals surface area (Å²) in [4.78, 5) is 14.4. The summed E-state index contributed by atoms with van der Waals surface area (Å²) < 4.78 is 10.6. The van der Waals surface area contributed by atoms with Crippen molar-refractivity contribution in [2.45, 2.75) is 18.9 Å². The first-order valence-electron chi connectivity index (χ1n) is 8.89. The normalized spacial score (nSPS) is 16.6. The number of rotatable bonds is 5. The van der Waals surface area contributed by atoms with Crippen molar-refractivity contribution >= 4 is 29.0 Å². The lowest BCUT2D eigenvalue weighted by atomic mass is 10.1. The Morgan fingerprint density at radius 1 is 1.15 bits per heavy atom. The standard InChI is InChI=1S/C20H24ClN3O3/c1-26-16-10-15(11-17(12-16)27-2)22-14-6-5-9-24(13-14)20(25)23-19-8-4-3-7-18(19)21/h3-4,7-8,10-12,14,22H,5-6,9,13H2,1-2H3,(H,23,25). The van der Waals surface area contributed by atoms with Gasteiger partial charge in [0, 0.05) is 43.0 Å². The van der Waals surface area contributed by atoms with E-state index in [0.29, 0.717) is 17.3 Å². The molecule has 7 heteroatoms. The number of nitrogens with zero attached hydrogens (tertiary/aromatic N) is 1. The predicted molar refractivity (Wildman–Crippen MR) is 108 cm³/mol. The molecule has 1 atom stereocenters. The lowest BCUT2D eigenvalue weighted by Crippen LogP contribution is -2.46. The summed E-state index contributed by atoms with van der Waals surface area (Å²) in [5.41, 5.74) is 1.53. The van der Waals surface area contributed by atoms with Crippen LogP contribution in [0.4, 0.5) is 16.2 Å². The van der Waals surface area contributed by atoms with Gasteiger partial charge >= 0.3 is 6.03 Å². The second-order valence-electron chi connectivity index (χ2n) is 6.44. The van der Waals surface area contributed by atoms with Gasteiger partial charge in [-0.2, -0.15) is 0 Å². The van der Waals surface area contributed by atoms with Crippen molar-refractivity contribution in [2.24, 2.45) is 0 Å². The maximum atomic E-state index is 12.6. The number of anilines is 2. The van der Waals surface area contributed by atoms with Crippen LogP contribution < -0.4 is 20.1 Å². The summed E-state index contributed by atoms with van der Waals surface area (Å²) in [5.74, 6) is 1.45. The average Bonchev–Trinajstić information content (AvgIpc) is 2.69. The van der Waals surface area contributed by atoms with Gasteiger partial charge in [-0.25, -0.2) is 4.79 Å². The number of halogens is 1. The number of amides is 2. The third-order valence-electron chi connectivity index (χ3n) is 4.55. The van der Waals surface area contributed by atoms with Crippen LogP contribution in [0.2, 0.25) is 5.02 Å². The summed E-state index contributed by atoms with van der Waals surface area (Å²) in [6.45, 7) is 1.33. The fraction of sp³-hybridized carbons (Fsp3) is 0.350. The molecule has 3 rings (SSSR count). The van der Waals surface area contributed by atoms with Crippen molar-refractivity contribution in [1.82, 2.24) is 4.90 Å². The van der Waals surface area contributed by atoms with Gasteiger partial charge in [-0.3, -0.25) is 0 Å². The molecule has 0 spiro atoms. The Kier molecular flexibility index (Phi) is 6.29. The number of methoxy groups -OCH3 is 2. The van der Waals surface area contributed by atoms with Crippen molar-refractivity contribution < 1.29 is 14.3 Å². The molecule has 0 bridgehead atoms. The van der Waals surface area contributed by atoms with E-state index in [1.807, 2.05) is 35.2 Å². The van der Waals surface area contributed by atoms with Crippen LogP contribution in [-0.4, -0.2) is 44.3 Å². The fourth-order valence-corrected chi connectivity index (χ4v) is 3.35. The van der Waals surface area contributed by atoms with Crippen LogP contribution in [0.25, 0.3) is 0 Å². The van der Waals surface area contributed by atoms with Gasteiger partial charge in [0.05, 0.1) is 24.9 Å². The Labute approximate surface area is 164 Å². The molecule has 2 N–H and O–H groups in total. The maximum Gasteiger partial charge on any atom is 0.321 e. The molecule has 2 aromatic rings. The highest BCUT2D eigenvalue weighted by Gasteiger charge is 2.24. The van der Waals surface area contributed by atoms with Crippen LogP contribution >= 0.6 is 11.6 Å². The molecule has 0 radical (unpaired) electrons. The van der Waals surface area contributed by atoms with E-state index in [9.17, 15) is 4.79 Å². The van der Waals surface area contributed by atoms with Crippen LogP contribution in [0.3, 0.4) is 0 Å². The maximum absolute atomic E-state index is 12.6. The van der Waals surface area contributed by atoms with E-state index in [2.05, 4.69) is 10.6 Å². The van der Waals surface area contributed by atoms with Crippen molar-refractivity contribution in [1.29, 1.82) is 0 Å². The lowest BCUT2D eigenvalue weighted by Gasteiger charge is -2.33. The molecule has 1 aliphatic rings. The number of para-hydroxylation sites is 1. The molecule has 2 aromatic carbocycles. The second kappa shape index (κ2) is 8.86. The number of hydrogen-bond acceptors (Lipinski definition) is 4. The lowest BCUT2D eigenvalue weighted by molar-refractivity contribution is 0.196. The van der Waals surface area contributed by atoms with E-state index in [-0.39, 0.29) is 12.1 Å². The van der Waals surface area contributed by atoms with Gasteiger partial charge in [0.25, 0.3) is 0 Å². The first kappa shape index (κ1) is 19.2. The summed E-state index contributed by atoms with van der Waals surface area (Å²) in [7, 11) is 3.25. The minimum Gasteiger partial charge on any atom is -0.497 e. The number of likely N-dealkylation sites (tertiary alicyclic amines) is 1. The molecular weight excluding hydrogens is 366 g/mol. The molecule has 27 heavy (non-hydrogen) atoms. The molecule has 2 amide bonds.